The fraction of sp³-hybridized carbons (Fsp3) is 0.200. The number of carbonyl (C=O) groups is 1. The third-order valence-corrected chi connectivity index (χ3v) is 6.10. The van der Waals surface area contributed by atoms with Gasteiger partial charge in [0.2, 0.25) is 11.6 Å². The highest BCUT2D eigenvalue weighted by molar-refractivity contribution is 7.80. The van der Waals surface area contributed by atoms with Crippen LogP contribution in [0.4, 0.5) is 23.2 Å². The highest BCUT2D eigenvalue weighted by Gasteiger charge is 2.30. The van der Waals surface area contributed by atoms with E-state index in [-0.39, 0.29) is 10.7 Å². The molecule has 0 saturated carbocycles. The fourth-order valence-electron chi connectivity index (χ4n) is 3.64. The molecule has 0 radical (unpaired) electrons. The second-order valence-corrected chi connectivity index (χ2v) is 8.97. The second kappa shape index (κ2) is 11.3. The number of unbranched alkanes of at least 4 members (excludes halogenated alkanes) is 1. The van der Waals surface area contributed by atoms with Crippen molar-refractivity contribution in [2.24, 2.45) is 0 Å². The summed E-state index contributed by atoms with van der Waals surface area (Å²) in [5.41, 5.74) is 1.53. The van der Waals surface area contributed by atoms with Gasteiger partial charge in [-0.05, 0) is 54.9 Å². The van der Waals surface area contributed by atoms with Crippen LogP contribution in [0, 0.1) is 23.3 Å². The van der Waals surface area contributed by atoms with E-state index < -0.39 is 45.6 Å². The highest BCUT2D eigenvalue weighted by atomic mass is 35.5. The van der Waals surface area contributed by atoms with Crippen molar-refractivity contribution in [2.75, 3.05) is 12.4 Å². The van der Waals surface area contributed by atoms with Gasteiger partial charge in [0.1, 0.15) is 16.6 Å². The van der Waals surface area contributed by atoms with Crippen LogP contribution < -0.4 is 15.4 Å². The van der Waals surface area contributed by atoms with E-state index in [0.29, 0.717) is 11.0 Å². The average Bonchev–Trinajstić information content (AvgIpc) is 3.30. The zero-order chi connectivity index (χ0) is 27.6. The van der Waals surface area contributed by atoms with Crippen LogP contribution in [0.3, 0.4) is 0 Å². The number of ether oxygens (including phenoxy) is 1. The number of anilines is 1. The van der Waals surface area contributed by atoms with Gasteiger partial charge in [-0.25, -0.2) is 8.78 Å². The number of nitrogens with one attached hydrogen (secondary N) is 2. The Morgan fingerprint density at radius 2 is 1.63 bits per heavy atom. The quantitative estimate of drug-likeness (QED) is 0.160. The lowest BCUT2D eigenvalue weighted by Gasteiger charge is -2.13. The standard InChI is InChI=1S/C25H20ClF4N5O2S/c1-3-4-5-12-6-8-13(9-7-12)35-33-16-10-14(26)15(11-17(16)34-35)31-25(38)32-24(36)18-19(27)21(29)23(37-2)22(30)20(18)28/h6-11H,3-5H2,1-2H3,(H2,31,32,36,38). The number of benzene rings is 3. The Morgan fingerprint density at radius 1 is 1.03 bits per heavy atom. The number of fused-ring (bicyclic) bond motifs is 1. The van der Waals surface area contributed by atoms with Gasteiger partial charge >= 0.3 is 0 Å². The zero-order valence-electron chi connectivity index (χ0n) is 20.0. The number of aromatic nitrogens is 3. The maximum absolute atomic E-state index is 14.3. The predicted molar refractivity (Wildman–Crippen MR) is 139 cm³/mol. The lowest BCUT2D eigenvalue weighted by atomic mass is 10.1. The molecule has 0 spiro atoms. The summed E-state index contributed by atoms with van der Waals surface area (Å²) in [7, 11) is 0.822. The van der Waals surface area contributed by atoms with Crippen LogP contribution >= 0.6 is 23.8 Å². The second-order valence-electron chi connectivity index (χ2n) is 8.15. The van der Waals surface area contributed by atoms with Gasteiger partial charge in [-0.2, -0.15) is 13.6 Å². The summed E-state index contributed by atoms with van der Waals surface area (Å²) in [5, 5.41) is 13.1. The molecule has 0 saturated heterocycles. The van der Waals surface area contributed by atoms with Crippen molar-refractivity contribution >= 4 is 51.6 Å². The van der Waals surface area contributed by atoms with Gasteiger partial charge < -0.3 is 10.1 Å². The molecular weight excluding hydrogens is 546 g/mol. The SMILES string of the molecule is CCCCc1ccc(-n2nc3cc(Cl)c(NC(=S)NC(=O)c4c(F)c(F)c(OC)c(F)c4F)cc3n2)cc1. The Balaban J connectivity index is 1.53. The third-order valence-electron chi connectivity index (χ3n) is 5.58. The first kappa shape index (κ1) is 27.3. The first-order chi connectivity index (χ1) is 18.1. The Bertz CT molecular complexity index is 1520. The number of methoxy groups -OCH3 is 1. The summed E-state index contributed by atoms with van der Waals surface area (Å²) in [4.78, 5) is 13.8. The number of nitrogens with zero attached hydrogens (tertiary/aromatic N) is 3. The lowest BCUT2D eigenvalue weighted by molar-refractivity contribution is 0.0966. The molecule has 0 aliphatic carbocycles. The van der Waals surface area contributed by atoms with Crippen molar-refractivity contribution in [1.82, 2.24) is 20.3 Å². The molecule has 0 unspecified atom stereocenters. The van der Waals surface area contributed by atoms with Gasteiger partial charge in [-0.3, -0.25) is 10.1 Å². The van der Waals surface area contributed by atoms with Gasteiger partial charge in [0.15, 0.2) is 22.5 Å². The normalized spacial score (nSPS) is 11.0. The van der Waals surface area contributed by atoms with E-state index in [4.69, 9.17) is 23.8 Å². The number of carbonyl (C=O) groups excluding carboxylic acids is 1. The molecule has 3 aromatic carbocycles. The molecular formula is C25H20ClF4N5O2S. The van der Waals surface area contributed by atoms with Gasteiger partial charge in [0.05, 0.1) is 23.5 Å². The van der Waals surface area contributed by atoms with Crippen LogP contribution in [0.5, 0.6) is 5.75 Å². The summed E-state index contributed by atoms with van der Waals surface area (Å²) < 4.78 is 60.8. The minimum Gasteiger partial charge on any atom is -0.491 e. The van der Waals surface area contributed by atoms with E-state index in [9.17, 15) is 22.4 Å². The molecule has 2 N–H and O–H groups in total. The summed E-state index contributed by atoms with van der Waals surface area (Å²) >= 11 is 11.3. The smallest absolute Gasteiger partial charge is 0.263 e. The number of aryl methyl sites for hydroxylation is 1. The minimum atomic E-state index is -1.93. The topological polar surface area (TPSA) is 81.1 Å². The van der Waals surface area contributed by atoms with Gasteiger partial charge in [0.25, 0.3) is 5.91 Å². The Labute approximate surface area is 224 Å². The molecule has 0 aliphatic heterocycles. The van der Waals surface area contributed by atoms with Crippen molar-refractivity contribution in [3.8, 4) is 11.4 Å². The molecule has 38 heavy (non-hydrogen) atoms. The Hall–Kier alpha value is -3.77. The third kappa shape index (κ3) is 5.41. The van der Waals surface area contributed by atoms with Crippen LogP contribution in [0.15, 0.2) is 36.4 Å². The van der Waals surface area contributed by atoms with Crippen molar-refractivity contribution in [3.05, 3.63) is 75.8 Å². The monoisotopic (exact) mass is 565 g/mol. The molecule has 0 aliphatic rings. The van der Waals surface area contributed by atoms with Gasteiger partial charge in [0, 0.05) is 0 Å². The minimum absolute atomic E-state index is 0.148. The number of hydrogen-bond acceptors (Lipinski definition) is 5. The van der Waals surface area contributed by atoms with Gasteiger partial charge in [-0.1, -0.05) is 37.1 Å². The van der Waals surface area contributed by atoms with Crippen molar-refractivity contribution < 1.29 is 27.1 Å². The first-order valence-corrected chi connectivity index (χ1v) is 12.1. The van der Waals surface area contributed by atoms with Crippen molar-refractivity contribution in [1.29, 1.82) is 0 Å². The molecule has 0 atom stereocenters. The molecule has 4 aromatic rings. The largest absolute Gasteiger partial charge is 0.491 e. The van der Waals surface area contributed by atoms with E-state index in [2.05, 4.69) is 27.2 Å². The molecule has 1 heterocycles. The molecule has 0 bridgehead atoms. The summed E-state index contributed by atoms with van der Waals surface area (Å²) in [5.74, 6) is -10.4. The van der Waals surface area contributed by atoms with E-state index in [0.717, 1.165) is 32.1 Å². The van der Waals surface area contributed by atoms with E-state index >= 15 is 0 Å². The summed E-state index contributed by atoms with van der Waals surface area (Å²) in [6.45, 7) is 2.13. The summed E-state index contributed by atoms with van der Waals surface area (Å²) in [6, 6.07) is 10.8. The molecule has 4 rings (SSSR count). The van der Waals surface area contributed by atoms with Crippen molar-refractivity contribution in [2.45, 2.75) is 26.2 Å². The fourth-order valence-corrected chi connectivity index (χ4v) is 4.04. The highest BCUT2D eigenvalue weighted by Crippen LogP contribution is 2.30. The number of hydrogen-bond donors (Lipinski definition) is 2. The molecule has 1 amide bonds. The number of amides is 1. The van der Waals surface area contributed by atoms with Crippen LogP contribution in [0.25, 0.3) is 16.7 Å². The van der Waals surface area contributed by atoms with E-state index in [1.807, 2.05) is 29.6 Å². The van der Waals surface area contributed by atoms with Crippen LogP contribution in [0.2, 0.25) is 5.02 Å². The first-order valence-electron chi connectivity index (χ1n) is 11.3. The molecule has 1 aromatic heterocycles. The molecule has 198 valence electrons. The summed E-state index contributed by atoms with van der Waals surface area (Å²) in [6.07, 6.45) is 3.18. The van der Waals surface area contributed by atoms with Crippen LogP contribution in [-0.4, -0.2) is 33.1 Å². The zero-order valence-corrected chi connectivity index (χ0v) is 21.6. The van der Waals surface area contributed by atoms with Gasteiger partial charge in [-0.15, -0.1) is 10.2 Å². The maximum Gasteiger partial charge on any atom is 0.263 e. The number of halogens is 5. The predicted octanol–water partition coefficient (Wildman–Crippen LogP) is 6.11. The molecule has 7 nitrogen and oxygen atoms in total. The van der Waals surface area contributed by atoms with Crippen molar-refractivity contribution in [3.63, 3.8) is 0 Å². The Morgan fingerprint density at radius 3 is 2.21 bits per heavy atom. The van der Waals surface area contributed by atoms with Crippen LogP contribution in [-0.2, 0) is 6.42 Å². The van der Waals surface area contributed by atoms with E-state index in [1.165, 1.54) is 22.5 Å². The number of thiocarbonyl (C=S) groups is 1. The Kier molecular flexibility index (Phi) is 8.12. The number of rotatable bonds is 7. The average molecular weight is 566 g/mol. The van der Waals surface area contributed by atoms with Crippen LogP contribution in [0.1, 0.15) is 35.7 Å². The molecule has 13 heteroatoms. The maximum atomic E-state index is 14.3. The molecule has 0 fully saturated rings. The van der Waals surface area contributed by atoms with E-state index in [1.54, 1.807) is 0 Å². The lowest BCUT2D eigenvalue weighted by Crippen LogP contribution is -2.35.